The molecule has 1 aromatic heterocycles. The first-order chi connectivity index (χ1) is 14.1. The van der Waals surface area contributed by atoms with Crippen LogP contribution in [0.3, 0.4) is 0 Å². The number of carbonyl (C=O) groups excluding carboxylic acids is 2. The van der Waals surface area contributed by atoms with E-state index >= 15 is 0 Å². The molecule has 0 aliphatic carbocycles. The molecule has 0 spiro atoms. The van der Waals surface area contributed by atoms with E-state index in [1.165, 1.54) is 0 Å². The third kappa shape index (κ3) is 4.53. The first kappa shape index (κ1) is 18.5. The van der Waals surface area contributed by atoms with E-state index in [9.17, 15) is 9.59 Å². The smallest absolute Gasteiger partial charge is 0.287 e. The SMILES string of the molecule is Cc1cccc(NC(=O)CN2C=C(CNC(=O)c3nc4ccccc4[nH]3)NN2)c1. The second kappa shape index (κ2) is 8.03. The Balaban J connectivity index is 1.28. The number of hydrazine groups is 2. The summed E-state index contributed by atoms with van der Waals surface area (Å²) in [6, 6.07) is 15.1. The van der Waals surface area contributed by atoms with E-state index in [0.717, 1.165) is 28.0 Å². The first-order valence-electron chi connectivity index (χ1n) is 9.15. The lowest BCUT2D eigenvalue weighted by Crippen LogP contribution is -2.41. The second-order valence-corrected chi connectivity index (χ2v) is 6.72. The number of anilines is 1. The fourth-order valence-electron chi connectivity index (χ4n) is 2.97. The monoisotopic (exact) mass is 391 g/mol. The van der Waals surface area contributed by atoms with Crippen LogP contribution in [0, 0.1) is 6.92 Å². The van der Waals surface area contributed by atoms with Crippen molar-refractivity contribution in [2.24, 2.45) is 0 Å². The summed E-state index contributed by atoms with van der Waals surface area (Å²) < 4.78 is 0. The molecule has 9 nitrogen and oxygen atoms in total. The third-order valence-corrected chi connectivity index (χ3v) is 4.33. The summed E-state index contributed by atoms with van der Waals surface area (Å²) >= 11 is 0. The molecule has 0 radical (unpaired) electrons. The van der Waals surface area contributed by atoms with Gasteiger partial charge in [-0.3, -0.25) is 14.6 Å². The summed E-state index contributed by atoms with van der Waals surface area (Å²) in [5.74, 6) is -0.208. The highest BCUT2D eigenvalue weighted by atomic mass is 16.2. The number of H-pyrrole nitrogens is 1. The van der Waals surface area contributed by atoms with E-state index in [1.54, 1.807) is 11.2 Å². The largest absolute Gasteiger partial charge is 0.344 e. The van der Waals surface area contributed by atoms with Crippen molar-refractivity contribution < 1.29 is 9.59 Å². The molecule has 148 valence electrons. The van der Waals surface area contributed by atoms with E-state index < -0.39 is 0 Å². The number of nitrogens with one attached hydrogen (secondary N) is 5. The molecule has 29 heavy (non-hydrogen) atoms. The molecule has 4 rings (SSSR count). The maximum absolute atomic E-state index is 12.3. The molecule has 5 N–H and O–H groups in total. The van der Waals surface area contributed by atoms with Gasteiger partial charge in [0.25, 0.3) is 5.91 Å². The van der Waals surface area contributed by atoms with Crippen LogP contribution in [0.15, 0.2) is 60.4 Å². The highest BCUT2D eigenvalue weighted by molar-refractivity contribution is 5.94. The van der Waals surface area contributed by atoms with Crippen molar-refractivity contribution in [3.63, 3.8) is 0 Å². The molecule has 2 amide bonds. The Morgan fingerprint density at radius 2 is 2.00 bits per heavy atom. The molecule has 0 unspecified atom stereocenters. The van der Waals surface area contributed by atoms with Crippen LogP contribution in [0.4, 0.5) is 5.69 Å². The molecule has 0 saturated heterocycles. The van der Waals surface area contributed by atoms with E-state index in [0.29, 0.717) is 0 Å². The quantitative estimate of drug-likeness (QED) is 0.434. The molecule has 0 fully saturated rings. The van der Waals surface area contributed by atoms with Crippen LogP contribution in [0.1, 0.15) is 16.2 Å². The van der Waals surface area contributed by atoms with Crippen LogP contribution in [0.2, 0.25) is 0 Å². The van der Waals surface area contributed by atoms with Gasteiger partial charge in [0.2, 0.25) is 5.91 Å². The zero-order valence-electron chi connectivity index (χ0n) is 15.8. The summed E-state index contributed by atoms with van der Waals surface area (Å²) in [5, 5.41) is 7.25. The minimum Gasteiger partial charge on any atom is -0.344 e. The number of imidazole rings is 1. The Kier molecular flexibility index (Phi) is 5.12. The van der Waals surface area contributed by atoms with E-state index in [-0.39, 0.29) is 30.7 Å². The lowest BCUT2D eigenvalue weighted by Gasteiger charge is -2.14. The average molecular weight is 391 g/mol. The molecule has 0 bridgehead atoms. The van der Waals surface area contributed by atoms with Gasteiger partial charge in [-0.1, -0.05) is 24.3 Å². The number of hydrogen-bond donors (Lipinski definition) is 5. The standard InChI is InChI=1S/C20H21N7O2/c1-13-5-4-6-14(9-13)22-18(28)12-27-11-15(25-26-27)10-21-20(29)19-23-16-7-2-3-8-17(16)24-19/h2-9,11,25-26H,10,12H2,1H3,(H,21,29)(H,22,28)(H,23,24). The van der Waals surface area contributed by atoms with Crippen molar-refractivity contribution in [2.45, 2.75) is 6.92 Å². The normalized spacial score (nSPS) is 13.1. The number of hydrogen-bond acceptors (Lipinski definition) is 6. The Bertz CT molecular complexity index is 1060. The van der Waals surface area contributed by atoms with Crippen molar-refractivity contribution >= 4 is 28.5 Å². The van der Waals surface area contributed by atoms with Crippen LogP contribution in [0.5, 0.6) is 0 Å². The van der Waals surface area contributed by atoms with Crippen LogP contribution in [-0.4, -0.2) is 39.9 Å². The lowest BCUT2D eigenvalue weighted by molar-refractivity contribution is -0.117. The lowest BCUT2D eigenvalue weighted by atomic mass is 10.2. The molecule has 0 atom stereocenters. The Hall–Kier alpha value is -3.85. The highest BCUT2D eigenvalue weighted by Crippen LogP contribution is 2.11. The maximum Gasteiger partial charge on any atom is 0.287 e. The number of fused-ring (bicyclic) bond motifs is 1. The van der Waals surface area contributed by atoms with Crippen molar-refractivity contribution in [3.05, 3.63) is 71.8 Å². The van der Waals surface area contributed by atoms with Crippen LogP contribution in [0.25, 0.3) is 11.0 Å². The number of para-hydroxylation sites is 2. The summed E-state index contributed by atoms with van der Waals surface area (Å²) in [6.07, 6.45) is 1.73. The second-order valence-electron chi connectivity index (χ2n) is 6.72. The Morgan fingerprint density at radius 1 is 1.14 bits per heavy atom. The number of aromatic amines is 1. The minimum atomic E-state index is -0.306. The molecule has 9 heteroatoms. The van der Waals surface area contributed by atoms with Gasteiger partial charge >= 0.3 is 0 Å². The van der Waals surface area contributed by atoms with Gasteiger partial charge in [0.1, 0.15) is 6.54 Å². The number of rotatable bonds is 6. The Labute approximate surface area is 167 Å². The maximum atomic E-state index is 12.3. The molecular weight excluding hydrogens is 370 g/mol. The van der Waals surface area contributed by atoms with E-state index in [1.807, 2.05) is 55.5 Å². The van der Waals surface area contributed by atoms with Crippen LogP contribution in [-0.2, 0) is 4.79 Å². The number of benzene rings is 2. The van der Waals surface area contributed by atoms with Gasteiger partial charge in [0.15, 0.2) is 5.82 Å². The van der Waals surface area contributed by atoms with E-state index in [2.05, 4.69) is 31.6 Å². The minimum absolute atomic E-state index is 0.113. The summed E-state index contributed by atoms with van der Waals surface area (Å²) in [5.41, 5.74) is 9.90. The fraction of sp³-hybridized carbons (Fsp3) is 0.150. The average Bonchev–Trinajstić information content (AvgIpc) is 3.32. The number of amides is 2. The van der Waals surface area contributed by atoms with Crippen molar-refractivity contribution in [2.75, 3.05) is 18.4 Å². The van der Waals surface area contributed by atoms with Gasteiger partial charge in [-0.25, -0.2) is 4.98 Å². The Morgan fingerprint density at radius 3 is 2.83 bits per heavy atom. The first-order valence-corrected chi connectivity index (χ1v) is 9.15. The van der Waals surface area contributed by atoms with Crippen molar-refractivity contribution in [3.8, 4) is 0 Å². The number of aromatic nitrogens is 2. The summed E-state index contributed by atoms with van der Waals surface area (Å²) in [6.45, 7) is 2.34. The predicted molar refractivity (Wildman–Crippen MR) is 109 cm³/mol. The zero-order chi connectivity index (χ0) is 20.2. The molecule has 3 aromatic rings. The molecule has 0 saturated carbocycles. The summed E-state index contributed by atoms with van der Waals surface area (Å²) in [7, 11) is 0. The predicted octanol–water partition coefficient (Wildman–Crippen LogP) is 1.41. The van der Waals surface area contributed by atoms with Gasteiger partial charge < -0.3 is 21.0 Å². The van der Waals surface area contributed by atoms with Gasteiger partial charge in [0.05, 0.1) is 23.3 Å². The zero-order valence-corrected chi connectivity index (χ0v) is 15.8. The molecule has 1 aliphatic rings. The molecule has 1 aliphatic heterocycles. The number of carbonyl (C=O) groups is 2. The van der Waals surface area contributed by atoms with Crippen LogP contribution >= 0.6 is 0 Å². The number of aryl methyl sites for hydroxylation is 1. The number of nitrogens with zero attached hydrogens (tertiary/aromatic N) is 2. The van der Waals surface area contributed by atoms with Gasteiger partial charge in [-0.2, -0.15) is 0 Å². The van der Waals surface area contributed by atoms with E-state index in [4.69, 9.17) is 0 Å². The van der Waals surface area contributed by atoms with Gasteiger partial charge in [-0.15, -0.1) is 5.53 Å². The topological polar surface area (TPSA) is 114 Å². The van der Waals surface area contributed by atoms with Gasteiger partial charge in [-0.05, 0) is 36.8 Å². The highest BCUT2D eigenvalue weighted by Gasteiger charge is 2.16. The fourth-order valence-corrected chi connectivity index (χ4v) is 2.97. The third-order valence-electron chi connectivity index (χ3n) is 4.33. The van der Waals surface area contributed by atoms with Gasteiger partial charge in [0, 0.05) is 11.9 Å². The summed E-state index contributed by atoms with van der Waals surface area (Å²) in [4.78, 5) is 31.8. The molecule has 2 aromatic carbocycles. The van der Waals surface area contributed by atoms with Crippen molar-refractivity contribution in [1.29, 1.82) is 0 Å². The van der Waals surface area contributed by atoms with Crippen molar-refractivity contribution in [1.82, 2.24) is 31.3 Å². The molecule has 2 heterocycles. The van der Waals surface area contributed by atoms with Crippen LogP contribution < -0.4 is 21.6 Å². The molecular formula is C20H21N7O2.